The standard InChI is InChI=1S/C18H18N4O2/c1-4-13-15(12-7-5-6-8-14(12)24-3)16-17(19)20-11-21-18(16)22(13)9-10-23-2/h1,5-8,11H,9-10H2,2-3H3,(H2,19,20,21). The number of rotatable bonds is 5. The van der Waals surface area contributed by atoms with Gasteiger partial charge in [0.25, 0.3) is 0 Å². The van der Waals surface area contributed by atoms with Crippen LogP contribution in [0.25, 0.3) is 22.2 Å². The van der Waals surface area contributed by atoms with Crippen LogP contribution >= 0.6 is 0 Å². The van der Waals surface area contributed by atoms with Crippen LogP contribution in [0.4, 0.5) is 5.82 Å². The summed E-state index contributed by atoms with van der Waals surface area (Å²) in [6, 6.07) is 7.66. The number of nitrogens with zero attached hydrogens (tertiary/aromatic N) is 3. The Balaban J connectivity index is 2.41. The second-order valence-electron chi connectivity index (χ2n) is 5.17. The van der Waals surface area contributed by atoms with Gasteiger partial charge >= 0.3 is 0 Å². The molecule has 0 fully saturated rings. The van der Waals surface area contributed by atoms with Crippen molar-refractivity contribution >= 4 is 16.9 Å². The largest absolute Gasteiger partial charge is 0.496 e. The summed E-state index contributed by atoms with van der Waals surface area (Å²) in [5.41, 5.74) is 9.18. The SMILES string of the molecule is C#Cc1c(-c2ccccc2OC)c2c(N)ncnc2n1CCOC. The molecule has 0 bridgehead atoms. The number of terminal acetylenes is 1. The smallest absolute Gasteiger partial charge is 0.147 e. The minimum absolute atomic E-state index is 0.383. The van der Waals surface area contributed by atoms with E-state index in [4.69, 9.17) is 21.6 Å². The molecule has 0 aliphatic rings. The number of aromatic nitrogens is 3. The first-order chi connectivity index (χ1) is 11.7. The van der Waals surface area contributed by atoms with Crippen molar-refractivity contribution in [3.63, 3.8) is 0 Å². The molecule has 0 spiro atoms. The van der Waals surface area contributed by atoms with E-state index in [2.05, 4.69) is 15.9 Å². The number of hydrogen-bond acceptors (Lipinski definition) is 5. The zero-order valence-corrected chi connectivity index (χ0v) is 13.6. The first-order valence-electron chi connectivity index (χ1n) is 7.44. The fourth-order valence-electron chi connectivity index (χ4n) is 2.86. The minimum atomic E-state index is 0.383. The average molecular weight is 322 g/mol. The molecule has 2 aromatic heterocycles. The van der Waals surface area contributed by atoms with E-state index in [1.54, 1.807) is 14.2 Å². The molecular formula is C18H18N4O2. The molecule has 1 aromatic carbocycles. The maximum absolute atomic E-state index is 6.15. The van der Waals surface area contributed by atoms with E-state index in [0.29, 0.717) is 36.1 Å². The van der Waals surface area contributed by atoms with Crippen molar-refractivity contribution in [1.82, 2.24) is 14.5 Å². The van der Waals surface area contributed by atoms with Gasteiger partial charge in [-0.15, -0.1) is 6.42 Å². The van der Waals surface area contributed by atoms with Crippen LogP contribution in [0.2, 0.25) is 0 Å². The van der Waals surface area contributed by atoms with Gasteiger partial charge in [0.2, 0.25) is 0 Å². The Labute approximate surface area is 140 Å². The van der Waals surface area contributed by atoms with E-state index in [-0.39, 0.29) is 0 Å². The second-order valence-corrected chi connectivity index (χ2v) is 5.17. The molecule has 0 aliphatic heterocycles. The summed E-state index contributed by atoms with van der Waals surface area (Å²) in [6.45, 7) is 1.08. The minimum Gasteiger partial charge on any atom is -0.496 e. The molecule has 0 aliphatic carbocycles. The lowest BCUT2D eigenvalue weighted by Gasteiger charge is -2.09. The van der Waals surface area contributed by atoms with Gasteiger partial charge in [-0.05, 0) is 6.07 Å². The monoisotopic (exact) mass is 322 g/mol. The Bertz CT molecular complexity index is 925. The molecular weight excluding hydrogens is 304 g/mol. The summed E-state index contributed by atoms with van der Waals surface area (Å²) < 4.78 is 12.6. The predicted molar refractivity (Wildman–Crippen MR) is 93.7 cm³/mol. The highest BCUT2D eigenvalue weighted by molar-refractivity contribution is 6.04. The van der Waals surface area contributed by atoms with Crippen LogP contribution in [-0.4, -0.2) is 35.4 Å². The highest BCUT2D eigenvalue weighted by Gasteiger charge is 2.22. The number of anilines is 1. The molecule has 0 unspecified atom stereocenters. The number of fused-ring (bicyclic) bond motifs is 1. The summed E-state index contributed by atoms with van der Waals surface area (Å²) in [6.07, 6.45) is 7.26. The number of nitrogen functional groups attached to an aromatic ring is 1. The molecule has 122 valence electrons. The number of nitrogens with two attached hydrogens (primary N) is 1. The summed E-state index contributed by atoms with van der Waals surface area (Å²) in [7, 11) is 3.27. The molecule has 0 saturated carbocycles. The van der Waals surface area contributed by atoms with E-state index in [1.165, 1.54) is 6.33 Å². The number of ether oxygens (including phenoxy) is 2. The van der Waals surface area contributed by atoms with Gasteiger partial charge in [0.15, 0.2) is 0 Å². The van der Waals surface area contributed by atoms with Crippen LogP contribution < -0.4 is 10.5 Å². The summed E-state index contributed by atoms with van der Waals surface area (Å²) >= 11 is 0. The molecule has 2 heterocycles. The van der Waals surface area contributed by atoms with Crippen LogP contribution in [0.5, 0.6) is 5.75 Å². The molecule has 0 amide bonds. The molecule has 3 rings (SSSR count). The van der Waals surface area contributed by atoms with Crippen molar-refractivity contribution < 1.29 is 9.47 Å². The fraction of sp³-hybridized carbons (Fsp3) is 0.222. The van der Waals surface area contributed by atoms with E-state index in [9.17, 15) is 0 Å². The van der Waals surface area contributed by atoms with Gasteiger partial charge in [-0.25, -0.2) is 9.97 Å². The third kappa shape index (κ3) is 2.45. The first kappa shape index (κ1) is 15.8. The Morgan fingerprint density at radius 1 is 1.25 bits per heavy atom. The molecule has 0 atom stereocenters. The van der Waals surface area contributed by atoms with Crippen molar-refractivity contribution in [3.05, 3.63) is 36.3 Å². The van der Waals surface area contributed by atoms with Gasteiger partial charge in [0.1, 0.15) is 29.2 Å². The number of para-hydroxylation sites is 1. The quantitative estimate of drug-likeness (QED) is 0.730. The summed E-state index contributed by atoms with van der Waals surface area (Å²) in [4.78, 5) is 8.52. The lowest BCUT2D eigenvalue weighted by molar-refractivity contribution is 0.188. The van der Waals surface area contributed by atoms with Crippen LogP contribution in [0.3, 0.4) is 0 Å². The van der Waals surface area contributed by atoms with Crippen LogP contribution in [0.15, 0.2) is 30.6 Å². The topological polar surface area (TPSA) is 75.2 Å². The van der Waals surface area contributed by atoms with Gasteiger partial charge in [-0.3, -0.25) is 0 Å². The summed E-state index contributed by atoms with van der Waals surface area (Å²) in [5.74, 6) is 3.86. The third-order valence-corrected chi connectivity index (χ3v) is 3.90. The molecule has 0 radical (unpaired) electrons. The van der Waals surface area contributed by atoms with Crippen LogP contribution in [0.1, 0.15) is 5.69 Å². The molecule has 3 aromatic rings. The summed E-state index contributed by atoms with van der Waals surface area (Å²) in [5, 5.41) is 0.728. The van der Waals surface area contributed by atoms with Gasteiger partial charge in [0, 0.05) is 24.8 Å². The third-order valence-electron chi connectivity index (χ3n) is 3.90. The molecule has 6 nitrogen and oxygen atoms in total. The zero-order valence-electron chi connectivity index (χ0n) is 13.6. The molecule has 2 N–H and O–H groups in total. The van der Waals surface area contributed by atoms with Crippen molar-refractivity contribution in [2.45, 2.75) is 6.54 Å². The van der Waals surface area contributed by atoms with Crippen molar-refractivity contribution in [3.8, 4) is 29.2 Å². The molecule has 0 saturated heterocycles. The van der Waals surface area contributed by atoms with Crippen molar-refractivity contribution in [2.24, 2.45) is 0 Å². The van der Waals surface area contributed by atoms with Gasteiger partial charge in [-0.2, -0.15) is 0 Å². The van der Waals surface area contributed by atoms with Crippen LogP contribution in [-0.2, 0) is 11.3 Å². The Kier molecular flexibility index (Phi) is 4.36. The maximum Gasteiger partial charge on any atom is 0.147 e. The average Bonchev–Trinajstić information content (AvgIpc) is 2.94. The number of hydrogen-bond donors (Lipinski definition) is 1. The van der Waals surface area contributed by atoms with Crippen molar-refractivity contribution in [1.29, 1.82) is 0 Å². The number of benzene rings is 1. The maximum atomic E-state index is 6.15. The van der Waals surface area contributed by atoms with Crippen LogP contribution in [0, 0.1) is 12.3 Å². The molecule has 24 heavy (non-hydrogen) atoms. The van der Waals surface area contributed by atoms with Gasteiger partial charge in [-0.1, -0.05) is 24.1 Å². The van der Waals surface area contributed by atoms with Gasteiger partial charge in [0.05, 0.1) is 19.1 Å². The predicted octanol–water partition coefficient (Wildman–Crippen LogP) is 2.32. The fourth-order valence-corrected chi connectivity index (χ4v) is 2.86. The highest BCUT2D eigenvalue weighted by atomic mass is 16.5. The normalized spacial score (nSPS) is 10.7. The van der Waals surface area contributed by atoms with E-state index < -0.39 is 0 Å². The number of methoxy groups -OCH3 is 2. The molecule has 6 heteroatoms. The van der Waals surface area contributed by atoms with E-state index >= 15 is 0 Å². The highest BCUT2D eigenvalue weighted by Crippen LogP contribution is 2.40. The lowest BCUT2D eigenvalue weighted by atomic mass is 10.0. The van der Waals surface area contributed by atoms with Crippen molar-refractivity contribution in [2.75, 3.05) is 26.6 Å². The Morgan fingerprint density at radius 3 is 2.75 bits per heavy atom. The first-order valence-corrected chi connectivity index (χ1v) is 7.44. The lowest BCUT2D eigenvalue weighted by Crippen LogP contribution is -2.07. The van der Waals surface area contributed by atoms with E-state index in [0.717, 1.165) is 16.5 Å². The van der Waals surface area contributed by atoms with Gasteiger partial charge < -0.3 is 19.8 Å². The Morgan fingerprint density at radius 2 is 2.04 bits per heavy atom. The Hall–Kier alpha value is -3.04. The zero-order chi connectivity index (χ0) is 17.1. The van der Waals surface area contributed by atoms with E-state index in [1.807, 2.05) is 28.8 Å². The second kappa shape index (κ2) is 6.60.